The van der Waals surface area contributed by atoms with E-state index in [4.69, 9.17) is 9.47 Å². The first-order chi connectivity index (χ1) is 17.1. The van der Waals surface area contributed by atoms with Crippen molar-refractivity contribution in [2.24, 2.45) is 0 Å². The van der Waals surface area contributed by atoms with Crippen LogP contribution in [0.3, 0.4) is 0 Å². The lowest BCUT2D eigenvalue weighted by atomic mass is 10.1. The van der Waals surface area contributed by atoms with Gasteiger partial charge in [0, 0.05) is 11.4 Å². The summed E-state index contributed by atoms with van der Waals surface area (Å²) in [5.41, 5.74) is 0.848. The van der Waals surface area contributed by atoms with Crippen molar-refractivity contribution in [2.45, 2.75) is 44.7 Å². The quantitative estimate of drug-likeness (QED) is 0.539. The van der Waals surface area contributed by atoms with Gasteiger partial charge >= 0.3 is 18.0 Å². The predicted molar refractivity (Wildman–Crippen MR) is 138 cm³/mol. The van der Waals surface area contributed by atoms with Crippen LogP contribution in [0.1, 0.15) is 49.0 Å². The summed E-state index contributed by atoms with van der Waals surface area (Å²) in [6, 6.07) is 14.3. The molecule has 1 aliphatic rings. The lowest BCUT2D eigenvalue weighted by Gasteiger charge is -2.30. The summed E-state index contributed by atoms with van der Waals surface area (Å²) in [6.45, 7) is 6.94. The zero-order chi connectivity index (χ0) is 26.3. The molecule has 1 fully saturated rings. The molecule has 1 heterocycles. The zero-order valence-electron chi connectivity index (χ0n) is 20.8. The molecular weight excluding hydrogens is 482 g/mol. The highest BCUT2D eigenvalue weighted by Gasteiger charge is 2.43. The Balaban J connectivity index is 1.69. The number of anilines is 1. The Bertz CT molecular complexity index is 1100. The molecule has 3 amide bonds. The fourth-order valence-corrected chi connectivity index (χ4v) is 5.03. The highest BCUT2D eigenvalue weighted by atomic mass is 32.2. The molecule has 0 saturated carbocycles. The first-order valence-corrected chi connectivity index (χ1v) is 12.7. The van der Waals surface area contributed by atoms with Crippen LogP contribution in [0.4, 0.5) is 10.5 Å². The average Bonchev–Trinajstić information content (AvgIpc) is 3.28. The summed E-state index contributed by atoms with van der Waals surface area (Å²) in [5, 5.41) is 4.76. The van der Waals surface area contributed by atoms with E-state index in [0.29, 0.717) is 17.0 Å². The normalized spacial score (nSPS) is 17.3. The standard InChI is InChI=1S/C26H31N3O6S/c1-5-34-23(31)18-12-9-13-19(14-18)28-25(33)27-15-21(30)29-20(24(32)35-26(2,3)4)16-36-22(29)17-10-7-6-8-11-17/h6-14,20,22H,5,15-16H2,1-4H3,(H2,27,28,33)/t20-,22+/m0/s1. The lowest BCUT2D eigenvalue weighted by Crippen LogP contribution is -2.49. The van der Waals surface area contributed by atoms with E-state index in [2.05, 4.69) is 10.6 Å². The number of urea groups is 1. The van der Waals surface area contributed by atoms with Crippen LogP contribution in [-0.2, 0) is 19.1 Å². The van der Waals surface area contributed by atoms with Crippen LogP contribution < -0.4 is 10.6 Å². The Morgan fingerprint density at radius 2 is 1.78 bits per heavy atom. The third-order valence-electron chi connectivity index (χ3n) is 5.08. The van der Waals surface area contributed by atoms with Crippen LogP contribution in [0.5, 0.6) is 0 Å². The molecule has 0 aliphatic carbocycles. The van der Waals surface area contributed by atoms with Crippen molar-refractivity contribution in [2.75, 3.05) is 24.2 Å². The van der Waals surface area contributed by atoms with E-state index in [-0.39, 0.29) is 18.5 Å². The van der Waals surface area contributed by atoms with Gasteiger partial charge in [-0.1, -0.05) is 36.4 Å². The first-order valence-electron chi connectivity index (χ1n) is 11.6. The van der Waals surface area contributed by atoms with Gasteiger partial charge in [0.15, 0.2) is 0 Å². The number of amides is 3. The molecule has 9 nitrogen and oxygen atoms in total. The summed E-state index contributed by atoms with van der Waals surface area (Å²) in [4.78, 5) is 52.1. The van der Waals surface area contributed by atoms with E-state index in [1.54, 1.807) is 45.9 Å². The number of carbonyl (C=O) groups is 4. The van der Waals surface area contributed by atoms with Gasteiger partial charge in [-0.3, -0.25) is 4.79 Å². The fraction of sp³-hybridized carbons (Fsp3) is 0.385. The summed E-state index contributed by atoms with van der Waals surface area (Å²) in [5.74, 6) is -1.02. The molecule has 3 rings (SSSR count). The maximum Gasteiger partial charge on any atom is 0.338 e. The molecule has 192 valence electrons. The van der Waals surface area contributed by atoms with Gasteiger partial charge in [-0.25, -0.2) is 14.4 Å². The largest absolute Gasteiger partial charge is 0.462 e. The lowest BCUT2D eigenvalue weighted by molar-refractivity contribution is -0.163. The second-order valence-corrected chi connectivity index (χ2v) is 10.2. The van der Waals surface area contributed by atoms with E-state index in [9.17, 15) is 19.2 Å². The third-order valence-corrected chi connectivity index (χ3v) is 6.41. The number of ether oxygens (including phenoxy) is 2. The minimum absolute atomic E-state index is 0.238. The molecule has 2 aromatic carbocycles. The Hall–Kier alpha value is -3.53. The first kappa shape index (κ1) is 27.1. The molecule has 0 aromatic heterocycles. The molecule has 1 aliphatic heterocycles. The molecule has 36 heavy (non-hydrogen) atoms. The fourth-order valence-electron chi connectivity index (χ4n) is 3.60. The summed E-state index contributed by atoms with van der Waals surface area (Å²) in [6.07, 6.45) is 0. The third kappa shape index (κ3) is 7.24. The van der Waals surface area contributed by atoms with Crippen LogP contribution in [0.15, 0.2) is 54.6 Å². The van der Waals surface area contributed by atoms with E-state index in [0.717, 1.165) is 5.56 Å². The number of benzene rings is 2. The van der Waals surface area contributed by atoms with Crippen LogP contribution in [-0.4, -0.2) is 59.3 Å². The van der Waals surface area contributed by atoms with Crippen LogP contribution in [0, 0.1) is 0 Å². The van der Waals surface area contributed by atoms with E-state index < -0.39 is 35.5 Å². The molecule has 0 radical (unpaired) electrons. The van der Waals surface area contributed by atoms with Crippen molar-refractivity contribution in [1.82, 2.24) is 10.2 Å². The summed E-state index contributed by atoms with van der Waals surface area (Å²) < 4.78 is 10.5. The SMILES string of the molecule is CCOC(=O)c1cccc(NC(=O)NCC(=O)N2[C@@H](c3ccccc3)SC[C@H]2C(=O)OC(C)(C)C)c1. The smallest absolute Gasteiger partial charge is 0.338 e. The van der Waals surface area contributed by atoms with Gasteiger partial charge in [0.1, 0.15) is 17.0 Å². The second-order valence-electron chi connectivity index (χ2n) is 9.06. The van der Waals surface area contributed by atoms with E-state index in [1.165, 1.54) is 22.7 Å². The summed E-state index contributed by atoms with van der Waals surface area (Å²) >= 11 is 1.47. The highest BCUT2D eigenvalue weighted by molar-refractivity contribution is 7.99. The number of nitrogens with one attached hydrogen (secondary N) is 2. The second kappa shape index (κ2) is 11.9. The molecule has 2 atom stereocenters. The Kier molecular flexibility index (Phi) is 8.98. The minimum atomic E-state index is -0.780. The van der Waals surface area contributed by atoms with Crippen molar-refractivity contribution < 1.29 is 28.7 Å². The molecule has 2 N–H and O–H groups in total. The van der Waals surface area contributed by atoms with Crippen molar-refractivity contribution in [1.29, 1.82) is 0 Å². The molecule has 10 heteroatoms. The molecule has 0 bridgehead atoms. The number of hydrogen-bond acceptors (Lipinski definition) is 7. The van der Waals surface area contributed by atoms with Crippen LogP contribution >= 0.6 is 11.8 Å². The minimum Gasteiger partial charge on any atom is -0.462 e. The van der Waals surface area contributed by atoms with Crippen molar-refractivity contribution in [3.05, 3.63) is 65.7 Å². The Labute approximate surface area is 214 Å². The molecule has 2 aromatic rings. The number of thioether (sulfide) groups is 1. The Morgan fingerprint density at radius 3 is 2.44 bits per heavy atom. The topological polar surface area (TPSA) is 114 Å². The molecule has 1 saturated heterocycles. The predicted octanol–water partition coefficient (Wildman–Crippen LogP) is 3.97. The van der Waals surface area contributed by atoms with Gasteiger partial charge in [-0.2, -0.15) is 0 Å². The number of esters is 2. The van der Waals surface area contributed by atoms with Crippen molar-refractivity contribution in [3.8, 4) is 0 Å². The summed E-state index contributed by atoms with van der Waals surface area (Å²) in [7, 11) is 0. The number of hydrogen-bond donors (Lipinski definition) is 2. The van der Waals surface area contributed by atoms with Crippen LogP contribution in [0.2, 0.25) is 0 Å². The highest BCUT2D eigenvalue weighted by Crippen LogP contribution is 2.41. The zero-order valence-corrected chi connectivity index (χ0v) is 21.6. The van der Waals surface area contributed by atoms with Crippen molar-refractivity contribution in [3.63, 3.8) is 0 Å². The van der Waals surface area contributed by atoms with Crippen molar-refractivity contribution >= 4 is 41.3 Å². The number of carbonyl (C=O) groups excluding carboxylic acids is 4. The maximum atomic E-state index is 13.3. The van der Waals surface area contributed by atoms with Crippen LogP contribution in [0.25, 0.3) is 0 Å². The van der Waals surface area contributed by atoms with Gasteiger partial charge in [-0.15, -0.1) is 11.8 Å². The van der Waals surface area contributed by atoms with Gasteiger partial charge in [-0.05, 0) is 51.5 Å². The van der Waals surface area contributed by atoms with Gasteiger partial charge in [0.05, 0.1) is 18.7 Å². The molecule has 0 spiro atoms. The molecular formula is C26H31N3O6S. The average molecular weight is 514 g/mol. The van der Waals surface area contributed by atoms with E-state index >= 15 is 0 Å². The Morgan fingerprint density at radius 1 is 1.06 bits per heavy atom. The van der Waals surface area contributed by atoms with Gasteiger partial charge < -0.3 is 25.0 Å². The van der Waals surface area contributed by atoms with E-state index in [1.807, 2.05) is 30.3 Å². The van der Waals surface area contributed by atoms with Gasteiger partial charge in [0.25, 0.3) is 0 Å². The number of nitrogens with zero attached hydrogens (tertiary/aromatic N) is 1. The maximum absolute atomic E-state index is 13.3. The monoisotopic (exact) mass is 513 g/mol. The number of rotatable bonds is 7. The van der Waals surface area contributed by atoms with Gasteiger partial charge in [0.2, 0.25) is 5.91 Å². The molecule has 0 unspecified atom stereocenters.